The molecule has 0 aliphatic rings. The number of aromatic nitrogens is 1. The minimum absolute atomic E-state index is 0.255. The summed E-state index contributed by atoms with van der Waals surface area (Å²) in [5, 5.41) is 1.03. The van der Waals surface area contributed by atoms with E-state index in [4.69, 9.17) is 0 Å². The lowest BCUT2D eigenvalue weighted by Crippen LogP contribution is -2.35. The predicted octanol–water partition coefficient (Wildman–Crippen LogP) is 3.26. The van der Waals surface area contributed by atoms with Gasteiger partial charge >= 0.3 is 5.95 Å². The van der Waals surface area contributed by atoms with Crippen molar-refractivity contribution >= 4 is 10.9 Å². The normalized spacial score (nSPS) is 10.6. The standard InChI is InChI=1S/C15H11FN/c16-15-11-10-12-6-4-5-9-14(12)17(15)13-7-2-1-3-8-13/h1-11H/q+1. The van der Waals surface area contributed by atoms with Crippen LogP contribution in [-0.2, 0) is 0 Å². The SMILES string of the molecule is Fc1ccc2ccccc2[n+]1-c1ccccc1. The summed E-state index contributed by atoms with van der Waals surface area (Å²) in [7, 11) is 0. The molecule has 1 heterocycles. The summed E-state index contributed by atoms with van der Waals surface area (Å²) in [6.45, 7) is 0. The smallest absolute Gasteiger partial charge is 0.136 e. The number of hydrogen-bond donors (Lipinski definition) is 0. The van der Waals surface area contributed by atoms with E-state index in [9.17, 15) is 4.39 Å². The van der Waals surface area contributed by atoms with Crippen LogP contribution < -0.4 is 4.57 Å². The van der Waals surface area contributed by atoms with Gasteiger partial charge in [-0.25, -0.2) is 0 Å². The third-order valence-corrected chi connectivity index (χ3v) is 2.81. The van der Waals surface area contributed by atoms with Crippen molar-refractivity contribution in [3.63, 3.8) is 0 Å². The van der Waals surface area contributed by atoms with Crippen molar-refractivity contribution in [1.29, 1.82) is 0 Å². The van der Waals surface area contributed by atoms with Crippen LogP contribution in [-0.4, -0.2) is 0 Å². The van der Waals surface area contributed by atoms with Crippen LogP contribution in [0.2, 0.25) is 0 Å². The molecule has 2 aromatic carbocycles. The summed E-state index contributed by atoms with van der Waals surface area (Å²) >= 11 is 0. The summed E-state index contributed by atoms with van der Waals surface area (Å²) in [4.78, 5) is 0. The molecule has 0 fully saturated rings. The van der Waals surface area contributed by atoms with Gasteiger partial charge in [0.05, 0.1) is 0 Å². The molecular weight excluding hydrogens is 213 g/mol. The molecule has 0 aliphatic heterocycles. The monoisotopic (exact) mass is 224 g/mol. The lowest BCUT2D eigenvalue weighted by molar-refractivity contribution is -0.600. The lowest BCUT2D eigenvalue weighted by atomic mass is 10.2. The highest BCUT2D eigenvalue weighted by Crippen LogP contribution is 2.12. The fourth-order valence-corrected chi connectivity index (χ4v) is 2.02. The molecular formula is C15H11FN+. The molecule has 17 heavy (non-hydrogen) atoms. The predicted molar refractivity (Wildman–Crippen MR) is 65.4 cm³/mol. The van der Waals surface area contributed by atoms with Crippen molar-refractivity contribution in [2.75, 3.05) is 0 Å². The van der Waals surface area contributed by atoms with Crippen LogP contribution in [0.15, 0.2) is 66.7 Å². The van der Waals surface area contributed by atoms with Gasteiger partial charge in [-0.1, -0.05) is 30.3 Å². The van der Waals surface area contributed by atoms with Gasteiger partial charge in [-0.2, -0.15) is 0 Å². The Kier molecular flexibility index (Phi) is 2.33. The summed E-state index contributed by atoms with van der Waals surface area (Å²) < 4.78 is 15.6. The molecule has 2 heteroatoms. The number of para-hydroxylation sites is 2. The average Bonchev–Trinajstić information content (AvgIpc) is 2.39. The Morgan fingerprint density at radius 1 is 0.706 bits per heavy atom. The summed E-state index contributed by atoms with van der Waals surface area (Å²) in [6.07, 6.45) is 0. The first kappa shape index (κ1) is 9.97. The number of rotatable bonds is 1. The first-order valence-corrected chi connectivity index (χ1v) is 5.51. The Morgan fingerprint density at radius 2 is 1.41 bits per heavy atom. The molecule has 0 amide bonds. The topological polar surface area (TPSA) is 3.88 Å². The van der Waals surface area contributed by atoms with Gasteiger partial charge in [0.1, 0.15) is 0 Å². The van der Waals surface area contributed by atoms with Crippen LogP contribution >= 0.6 is 0 Å². The number of fused-ring (bicyclic) bond motifs is 1. The second-order valence-corrected chi connectivity index (χ2v) is 3.89. The van der Waals surface area contributed by atoms with Crippen molar-refractivity contribution in [2.24, 2.45) is 0 Å². The molecule has 82 valence electrons. The zero-order chi connectivity index (χ0) is 11.7. The van der Waals surface area contributed by atoms with Crippen LogP contribution in [0, 0.1) is 5.95 Å². The Labute approximate surface area is 98.8 Å². The molecule has 0 radical (unpaired) electrons. The molecule has 0 spiro atoms. The van der Waals surface area contributed by atoms with Crippen LogP contribution in [0.4, 0.5) is 4.39 Å². The maximum atomic E-state index is 14.0. The molecule has 0 atom stereocenters. The van der Waals surface area contributed by atoms with Crippen molar-refractivity contribution < 1.29 is 8.96 Å². The molecule has 0 saturated carbocycles. The van der Waals surface area contributed by atoms with Gasteiger partial charge in [-0.15, -0.1) is 8.96 Å². The van der Waals surface area contributed by atoms with E-state index < -0.39 is 0 Å². The van der Waals surface area contributed by atoms with Gasteiger partial charge in [0.2, 0.25) is 11.2 Å². The van der Waals surface area contributed by atoms with Crippen molar-refractivity contribution in [3.05, 3.63) is 72.7 Å². The average molecular weight is 224 g/mol. The maximum Gasteiger partial charge on any atom is 0.365 e. The fraction of sp³-hybridized carbons (Fsp3) is 0. The minimum Gasteiger partial charge on any atom is -0.136 e. The van der Waals surface area contributed by atoms with Gasteiger partial charge in [0.25, 0.3) is 0 Å². The molecule has 3 rings (SSSR count). The van der Waals surface area contributed by atoms with E-state index in [1.165, 1.54) is 6.07 Å². The third kappa shape index (κ3) is 1.68. The highest BCUT2D eigenvalue weighted by molar-refractivity contribution is 5.75. The van der Waals surface area contributed by atoms with E-state index in [1.54, 1.807) is 10.6 Å². The zero-order valence-corrected chi connectivity index (χ0v) is 9.18. The second kappa shape index (κ2) is 3.98. The minimum atomic E-state index is -0.255. The van der Waals surface area contributed by atoms with Crippen molar-refractivity contribution in [1.82, 2.24) is 0 Å². The maximum absolute atomic E-state index is 14.0. The molecule has 0 unspecified atom stereocenters. The summed E-state index contributed by atoms with van der Waals surface area (Å²) in [6, 6.07) is 20.6. The number of hydrogen-bond acceptors (Lipinski definition) is 0. The Balaban J connectivity index is 2.39. The van der Waals surface area contributed by atoms with Gasteiger partial charge in [0.15, 0.2) is 0 Å². The first-order valence-electron chi connectivity index (χ1n) is 5.51. The van der Waals surface area contributed by atoms with Crippen LogP contribution in [0.1, 0.15) is 0 Å². The highest BCUT2D eigenvalue weighted by Gasteiger charge is 2.17. The van der Waals surface area contributed by atoms with E-state index in [1.807, 2.05) is 54.6 Å². The van der Waals surface area contributed by atoms with Crippen molar-refractivity contribution in [2.45, 2.75) is 0 Å². The third-order valence-electron chi connectivity index (χ3n) is 2.81. The molecule has 0 N–H and O–H groups in total. The van der Waals surface area contributed by atoms with Gasteiger partial charge in [-0.3, -0.25) is 0 Å². The van der Waals surface area contributed by atoms with Crippen molar-refractivity contribution in [3.8, 4) is 5.69 Å². The molecule has 0 bridgehead atoms. The molecule has 3 aromatic rings. The van der Waals surface area contributed by atoms with Gasteiger partial charge < -0.3 is 0 Å². The Morgan fingerprint density at radius 3 is 2.24 bits per heavy atom. The molecule has 0 saturated heterocycles. The van der Waals surface area contributed by atoms with Gasteiger partial charge in [0, 0.05) is 29.7 Å². The zero-order valence-electron chi connectivity index (χ0n) is 9.18. The molecule has 1 aromatic heterocycles. The first-order chi connectivity index (χ1) is 8.36. The van der Waals surface area contributed by atoms with E-state index in [-0.39, 0.29) is 5.95 Å². The Bertz CT molecular complexity index is 662. The van der Waals surface area contributed by atoms with E-state index in [2.05, 4.69) is 0 Å². The van der Waals surface area contributed by atoms with Crippen LogP contribution in [0.25, 0.3) is 16.6 Å². The Hall–Kier alpha value is -2.22. The molecule has 1 nitrogen and oxygen atoms in total. The number of halogens is 1. The van der Waals surface area contributed by atoms with E-state index in [0.717, 1.165) is 16.6 Å². The van der Waals surface area contributed by atoms with Crippen LogP contribution in [0.5, 0.6) is 0 Å². The lowest BCUT2D eigenvalue weighted by Gasteiger charge is -2.01. The quantitative estimate of drug-likeness (QED) is 0.441. The molecule has 0 aliphatic carbocycles. The van der Waals surface area contributed by atoms with Gasteiger partial charge in [-0.05, 0) is 12.1 Å². The number of nitrogens with zero attached hydrogens (tertiary/aromatic N) is 1. The number of benzene rings is 2. The highest BCUT2D eigenvalue weighted by atomic mass is 19.1. The van der Waals surface area contributed by atoms with Crippen LogP contribution in [0.3, 0.4) is 0 Å². The second-order valence-electron chi connectivity index (χ2n) is 3.89. The summed E-state index contributed by atoms with van der Waals surface area (Å²) in [5.74, 6) is -0.255. The largest absolute Gasteiger partial charge is 0.365 e. The number of pyridine rings is 1. The fourth-order valence-electron chi connectivity index (χ4n) is 2.02. The van der Waals surface area contributed by atoms with E-state index in [0.29, 0.717) is 0 Å². The summed E-state index contributed by atoms with van der Waals surface area (Å²) in [5.41, 5.74) is 1.71. The van der Waals surface area contributed by atoms with E-state index >= 15 is 0 Å².